The first-order valence-electron chi connectivity index (χ1n) is 11.7. The fourth-order valence-electron chi connectivity index (χ4n) is 4.19. The molecule has 0 saturated heterocycles. The van der Waals surface area contributed by atoms with Crippen LogP contribution in [0.15, 0.2) is 70.6 Å². The largest absolute Gasteiger partial charge is 0.481 e. The van der Waals surface area contributed by atoms with Crippen molar-refractivity contribution in [2.24, 2.45) is 7.05 Å². The van der Waals surface area contributed by atoms with Gasteiger partial charge in [0.15, 0.2) is 0 Å². The summed E-state index contributed by atoms with van der Waals surface area (Å²) in [6.45, 7) is 1.13. The van der Waals surface area contributed by atoms with Crippen molar-refractivity contribution in [3.63, 3.8) is 0 Å². The lowest BCUT2D eigenvalue weighted by Gasteiger charge is -2.17. The van der Waals surface area contributed by atoms with E-state index < -0.39 is 11.9 Å². The smallest absolute Gasteiger partial charge is 0.350 e. The van der Waals surface area contributed by atoms with Crippen molar-refractivity contribution in [3.05, 3.63) is 87.5 Å². The maximum atomic E-state index is 13.2. The molecule has 0 unspecified atom stereocenters. The van der Waals surface area contributed by atoms with Crippen molar-refractivity contribution in [1.29, 1.82) is 5.41 Å². The Labute approximate surface area is 216 Å². The molecule has 198 valence electrons. The van der Waals surface area contributed by atoms with Crippen molar-refractivity contribution in [1.82, 2.24) is 24.3 Å². The molecule has 3 N–H and O–H groups in total. The predicted octanol–water partition coefficient (Wildman–Crippen LogP) is 4.02. The van der Waals surface area contributed by atoms with Crippen molar-refractivity contribution < 1.29 is 13.2 Å². The highest BCUT2D eigenvalue weighted by Gasteiger charge is 2.25. The van der Waals surface area contributed by atoms with E-state index in [9.17, 15) is 22.8 Å². The number of alkyl halides is 3. The summed E-state index contributed by atoms with van der Waals surface area (Å²) in [5.41, 5.74) is 2.30. The Balaban J connectivity index is 1.98. The summed E-state index contributed by atoms with van der Waals surface area (Å²) in [4.78, 5) is 31.0. The molecule has 0 aliphatic rings. The van der Waals surface area contributed by atoms with E-state index in [1.165, 1.54) is 22.0 Å². The minimum absolute atomic E-state index is 0.103. The monoisotopic (exact) mass is 524 g/mol. The van der Waals surface area contributed by atoms with Gasteiger partial charge in [-0.25, -0.2) is 0 Å². The number of likely N-dealkylation sites (N-methyl/N-ethyl adjacent to an activating group) is 1. The summed E-state index contributed by atoms with van der Waals surface area (Å²) in [5, 5.41) is 9.32. The van der Waals surface area contributed by atoms with E-state index in [-0.39, 0.29) is 22.3 Å². The van der Waals surface area contributed by atoms with Gasteiger partial charge in [0.05, 0.1) is 0 Å². The maximum Gasteiger partial charge on any atom is 0.481 e. The number of aromatic amines is 1. The quantitative estimate of drug-likeness (QED) is 0.240. The van der Waals surface area contributed by atoms with Gasteiger partial charge in [-0.1, -0.05) is 30.3 Å². The number of fused-ring (bicyclic) bond motifs is 1. The topological polar surface area (TPSA) is 98.9 Å². The third-order valence-corrected chi connectivity index (χ3v) is 6.11. The van der Waals surface area contributed by atoms with Crippen molar-refractivity contribution in [2.75, 3.05) is 20.6 Å². The number of aryl methyl sites for hydroxylation is 1. The SMILES string of the molecule is CN(C)CCn1cc(-c2ccccc2)c(-c2cn(C)c(=O)c3[nH]c(/C(C=N)=C/NC(F)(F)F)cc23)cc1=O. The van der Waals surface area contributed by atoms with E-state index in [1.807, 2.05) is 49.3 Å². The van der Waals surface area contributed by atoms with Gasteiger partial charge in [-0.3, -0.25) is 9.59 Å². The van der Waals surface area contributed by atoms with Crippen molar-refractivity contribution in [3.8, 4) is 22.3 Å². The molecule has 0 aliphatic carbocycles. The van der Waals surface area contributed by atoms with Crippen LogP contribution in [-0.2, 0) is 13.6 Å². The fraction of sp³-hybridized carbons (Fsp3) is 0.222. The maximum absolute atomic E-state index is 13.2. The van der Waals surface area contributed by atoms with Crippen LogP contribution in [0.25, 0.3) is 38.7 Å². The first-order chi connectivity index (χ1) is 18.0. The molecule has 0 radical (unpaired) electrons. The third-order valence-electron chi connectivity index (χ3n) is 6.11. The zero-order valence-corrected chi connectivity index (χ0v) is 21.1. The van der Waals surface area contributed by atoms with Crippen molar-refractivity contribution >= 4 is 22.7 Å². The van der Waals surface area contributed by atoms with Gasteiger partial charge in [0.25, 0.3) is 11.1 Å². The number of aromatic nitrogens is 3. The van der Waals surface area contributed by atoms with Gasteiger partial charge < -0.3 is 29.7 Å². The van der Waals surface area contributed by atoms with Crippen LogP contribution in [-0.4, -0.2) is 52.2 Å². The summed E-state index contributed by atoms with van der Waals surface area (Å²) in [7, 11) is 5.40. The standard InChI is InChI=1S/C27H27F3N6O2/c1-34(2)9-10-36-16-21(17-7-5-4-6-8-17)19(12-24(36)37)22-15-35(3)26(38)25-20(22)11-23(33-25)18(13-31)14-32-27(28,29)30/h4-8,11-16,31-33H,9-10H2,1-3H3/b18-14+,31-13?. The highest BCUT2D eigenvalue weighted by molar-refractivity contribution is 6.10. The highest BCUT2D eigenvalue weighted by atomic mass is 19.4. The van der Waals surface area contributed by atoms with Gasteiger partial charge in [-0.05, 0) is 31.3 Å². The summed E-state index contributed by atoms with van der Waals surface area (Å²) in [6, 6.07) is 12.5. The number of H-pyrrole nitrogens is 1. The van der Waals surface area contributed by atoms with Gasteiger partial charge in [0, 0.05) is 78.8 Å². The number of nitrogens with zero attached hydrogens (tertiary/aromatic N) is 3. The number of rotatable bonds is 8. The molecule has 11 heteroatoms. The second kappa shape index (κ2) is 10.5. The first kappa shape index (κ1) is 26.7. The number of hydrogen-bond donors (Lipinski definition) is 3. The van der Waals surface area contributed by atoms with Crippen LogP contribution < -0.4 is 16.4 Å². The van der Waals surface area contributed by atoms with Gasteiger partial charge in [0.1, 0.15) is 5.52 Å². The molecule has 3 aromatic heterocycles. The Morgan fingerprint density at radius 1 is 1.08 bits per heavy atom. The van der Waals surface area contributed by atoms with Gasteiger partial charge in [-0.2, -0.15) is 13.2 Å². The highest BCUT2D eigenvalue weighted by Crippen LogP contribution is 2.35. The summed E-state index contributed by atoms with van der Waals surface area (Å²) >= 11 is 0. The zero-order chi connectivity index (χ0) is 27.6. The summed E-state index contributed by atoms with van der Waals surface area (Å²) in [5.74, 6) is 0. The third kappa shape index (κ3) is 5.62. The van der Waals surface area contributed by atoms with Gasteiger partial charge >= 0.3 is 6.30 Å². The van der Waals surface area contributed by atoms with E-state index in [0.29, 0.717) is 35.8 Å². The van der Waals surface area contributed by atoms with E-state index in [0.717, 1.165) is 17.3 Å². The second-order valence-electron chi connectivity index (χ2n) is 9.12. The lowest BCUT2D eigenvalue weighted by molar-refractivity contribution is -0.146. The van der Waals surface area contributed by atoms with Gasteiger partial charge in [0.2, 0.25) is 0 Å². The van der Waals surface area contributed by atoms with Crippen LogP contribution >= 0.6 is 0 Å². The number of nitrogens with one attached hydrogen (secondary N) is 3. The molecular formula is C27H27F3N6O2. The first-order valence-corrected chi connectivity index (χ1v) is 11.7. The lowest BCUT2D eigenvalue weighted by Crippen LogP contribution is -2.26. The average molecular weight is 525 g/mol. The number of allylic oxidation sites excluding steroid dienone is 1. The Kier molecular flexibility index (Phi) is 7.40. The number of pyridine rings is 2. The Morgan fingerprint density at radius 3 is 2.42 bits per heavy atom. The molecule has 0 aliphatic heterocycles. The Hall–Kier alpha value is -4.38. The van der Waals surface area contributed by atoms with E-state index in [2.05, 4.69) is 4.98 Å². The number of halogens is 3. The van der Waals surface area contributed by atoms with E-state index in [4.69, 9.17) is 5.41 Å². The minimum Gasteiger partial charge on any atom is -0.350 e. The zero-order valence-electron chi connectivity index (χ0n) is 21.1. The predicted molar refractivity (Wildman–Crippen MR) is 143 cm³/mol. The number of benzene rings is 1. The summed E-state index contributed by atoms with van der Waals surface area (Å²) in [6.07, 6.45) is 0.132. The molecule has 0 bridgehead atoms. The van der Waals surface area contributed by atoms with Crippen molar-refractivity contribution in [2.45, 2.75) is 12.8 Å². The second-order valence-corrected chi connectivity index (χ2v) is 9.12. The number of hydrogen-bond acceptors (Lipinski definition) is 5. The van der Waals surface area contributed by atoms with Crippen LogP contribution in [0.1, 0.15) is 5.69 Å². The fourth-order valence-corrected chi connectivity index (χ4v) is 4.19. The molecule has 4 aromatic rings. The molecule has 0 amide bonds. The van der Waals surface area contributed by atoms with Crippen LogP contribution in [0.5, 0.6) is 0 Å². The van der Waals surface area contributed by atoms with Crippen LogP contribution in [0.4, 0.5) is 13.2 Å². The van der Waals surface area contributed by atoms with E-state index >= 15 is 0 Å². The normalized spacial score (nSPS) is 12.3. The lowest BCUT2D eigenvalue weighted by atomic mass is 9.95. The molecule has 0 spiro atoms. The molecule has 1 aromatic carbocycles. The molecular weight excluding hydrogens is 497 g/mol. The Bertz CT molecular complexity index is 1630. The van der Waals surface area contributed by atoms with Crippen LogP contribution in [0, 0.1) is 5.41 Å². The van der Waals surface area contributed by atoms with Gasteiger partial charge in [-0.15, -0.1) is 0 Å². The van der Waals surface area contributed by atoms with E-state index in [1.54, 1.807) is 24.0 Å². The molecule has 3 heterocycles. The summed E-state index contributed by atoms with van der Waals surface area (Å²) < 4.78 is 41.1. The van der Waals surface area contributed by atoms with Crippen LogP contribution in [0.2, 0.25) is 0 Å². The molecule has 0 fully saturated rings. The molecule has 0 atom stereocenters. The molecule has 8 nitrogen and oxygen atoms in total. The Morgan fingerprint density at radius 2 is 1.79 bits per heavy atom. The molecule has 0 saturated carbocycles. The average Bonchev–Trinajstić information content (AvgIpc) is 3.31. The van der Waals surface area contributed by atoms with Crippen LogP contribution in [0.3, 0.4) is 0 Å². The molecule has 38 heavy (non-hydrogen) atoms. The molecule has 4 rings (SSSR count). The minimum atomic E-state index is -4.68.